The number of allylic oxidation sites excluding steroid dienone is 2. The second kappa shape index (κ2) is 13.8. The minimum Gasteiger partial charge on any atom is -0.496 e. The van der Waals surface area contributed by atoms with Crippen LogP contribution in [0.3, 0.4) is 0 Å². The van der Waals surface area contributed by atoms with Crippen LogP contribution in [0.4, 0.5) is 0 Å². The van der Waals surface area contributed by atoms with Crippen molar-refractivity contribution in [3.63, 3.8) is 0 Å². The first kappa shape index (κ1) is 33.3. The highest BCUT2D eigenvalue weighted by Crippen LogP contribution is 2.47. The number of aliphatic hydroxyl groups is 2. The van der Waals surface area contributed by atoms with Crippen molar-refractivity contribution in [3.8, 4) is 28.7 Å². The third-order valence-electron chi connectivity index (χ3n) is 8.02. The molecule has 1 aliphatic heterocycles. The summed E-state index contributed by atoms with van der Waals surface area (Å²) in [5, 5.41) is 20.9. The Balaban J connectivity index is 2.04. The number of ether oxygens (including phenoxy) is 5. The number of fused-ring (bicyclic) bond motifs is 1. The van der Waals surface area contributed by atoms with Crippen LogP contribution in [0.25, 0.3) is 0 Å². The monoisotopic (exact) mass is 584 g/mol. The molecule has 8 heteroatoms. The molecule has 1 aliphatic rings. The third kappa shape index (κ3) is 7.78. The highest BCUT2D eigenvalue weighted by molar-refractivity contribution is 5.90. The summed E-state index contributed by atoms with van der Waals surface area (Å²) in [5.41, 5.74) is 2.39. The first-order chi connectivity index (χ1) is 19.8. The summed E-state index contributed by atoms with van der Waals surface area (Å²) >= 11 is 0. The van der Waals surface area contributed by atoms with Crippen LogP contribution >= 0.6 is 0 Å². The van der Waals surface area contributed by atoms with Gasteiger partial charge in [-0.25, -0.2) is 0 Å². The van der Waals surface area contributed by atoms with Gasteiger partial charge < -0.3 is 33.9 Å². The Hall–Kier alpha value is -3.23. The number of Topliss-reactive ketones (excluding diaryl/α,β-unsaturated/α-hetero) is 1. The fraction of sp³-hybridized carbons (Fsp3) is 0.559. The van der Waals surface area contributed by atoms with Crippen LogP contribution in [0, 0.1) is 0 Å². The summed E-state index contributed by atoms with van der Waals surface area (Å²) in [6, 6.07) is 5.44. The van der Waals surface area contributed by atoms with Crippen molar-refractivity contribution in [2.24, 2.45) is 0 Å². The summed E-state index contributed by atoms with van der Waals surface area (Å²) in [6.07, 6.45) is 5.17. The third-order valence-corrected chi connectivity index (χ3v) is 8.02. The maximum atomic E-state index is 13.7. The van der Waals surface area contributed by atoms with Gasteiger partial charge in [0.2, 0.25) is 0 Å². The molecule has 2 atom stereocenters. The van der Waals surface area contributed by atoms with Crippen molar-refractivity contribution < 1.29 is 38.7 Å². The highest BCUT2D eigenvalue weighted by Gasteiger charge is 2.36. The zero-order valence-electron chi connectivity index (χ0n) is 26.7. The van der Waals surface area contributed by atoms with Gasteiger partial charge in [0, 0.05) is 41.2 Å². The summed E-state index contributed by atoms with van der Waals surface area (Å²) in [7, 11) is 6.30. The van der Waals surface area contributed by atoms with E-state index in [1.807, 2.05) is 26.8 Å². The first-order valence-electron chi connectivity index (χ1n) is 14.6. The summed E-state index contributed by atoms with van der Waals surface area (Å²) in [5.74, 6) is 2.56. The minimum atomic E-state index is -0.967. The maximum absolute atomic E-state index is 13.7. The molecule has 0 fully saturated rings. The van der Waals surface area contributed by atoms with Gasteiger partial charge in [-0.1, -0.05) is 24.6 Å². The van der Waals surface area contributed by atoms with Gasteiger partial charge in [0.1, 0.15) is 17.2 Å². The zero-order valence-corrected chi connectivity index (χ0v) is 26.7. The number of hydrogen-bond donors (Lipinski definition) is 2. The van der Waals surface area contributed by atoms with E-state index < -0.39 is 17.3 Å². The van der Waals surface area contributed by atoms with Gasteiger partial charge in [0.25, 0.3) is 0 Å². The fourth-order valence-corrected chi connectivity index (χ4v) is 5.41. The molecular formula is C34H48O8. The lowest BCUT2D eigenvalue weighted by atomic mass is 9.87. The Morgan fingerprint density at radius 2 is 1.67 bits per heavy atom. The van der Waals surface area contributed by atoms with Crippen LogP contribution in [0.1, 0.15) is 88.7 Å². The van der Waals surface area contributed by atoms with Crippen molar-refractivity contribution >= 4 is 5.78 Å². The van der Waals surface area contributed by atoms with Crippen LogP contribution in [0.2, 0.25) is 0 Å². The SMILES string of the molecule is CCC(C)(O)Cc1c(OC)cc2c(c1OC)CC(=O)C(c1ccc(OC)c(OC)c1CC=C(C)CCCC(C)(C)O)O2. The van der Waals surface area contributed by atoms with E-state index in [9.17, 15) is 15.0 Å². The molecule has 2 unspecified atom stereocenters. The molecule has 1 heterocycles. The van der Waals surface area contributed by atoms with Gasteiger partial charge in [-0.2, -0.15) is 0 Å². The normalized spacial score (nSPS) is 16.8. The smallest absolute Gasteiger partial charge is 0.182 e. The Kier molecular flexibility index (Phi) is 11.0. The van der Waals surface area contributed by atoms with E-state index >= 15 is 0 Å². The summed E-state index contributed by atoms with van der Waals surface area (Å²) < 4.78 is 29.3. The molecule has 8 nitrogen and oxygen atoms in total. The molecule has 0 aromatic heterocycles. The van der Waals surface area contributed by atoms with Crippen molar-refractivity contribution in [1.29, 1.82) is 0 Å². The number of hydrogen-bond acceptors (Lipinski definition) is 8. The number of methoxy groups -OCH3 is 4. The van der Waals surface area contributed by atoms with Gasteiger partial charge in [0.15, 0.2) is 23.4 Å². The highest BCUT2D eigenvalue weighted by atomic mass is 16.5. The van der Waals surface area contributed by atoms with E-state index in [-0.39, 0.29) is 12.2 Å². The van der Waals surface area contributed by atoms with Crippen LogP contribution in [0.15, 0.2) is 29.8 Å². The van der Waals surface area contributed by atoms with E-state index in [0.29, 0.717) is 71.1 Å². The fourth-order valence-electron chi connectivity index (χ4n) is 5.41. The molecule has 0 saturated carbocycles. The van der Waals surface area contributed by atoms with Gasteiger partial charge >= 0.3 is 0 Å². The average molecular weight is 585 g/mol. The van der Waals surface area contributed by atoms with E-state index in [0.717, 1.165) is 18.4 Å². The van der Waals surface area contributed by atoms with Crippen molar-refractivity contribution in [2.75, 3.05) is 28.4 Å². The molecule has 0 amide bonds. The van der Waals surface area contributed by atoms with Crippen molar-refractivity contribution in [1.82, 2.24) is 0 Å². The van der Waals surface area contributed by atoms with Gasteiger partial charge in [-0.3, -0.25) is 4.79 Å². The standard InChI is InChI=1S/C34H48O8/c1-10-34(5,37)20-25-28(39-7)19-29-24(30(25)40-8)18-26(35)31(42-29)22-15-16-27(38-6)32(41-9)23(22)14-13-21(2)12-11-17-33(3,4)36/h13,15-16,19,31,36-37H,10-12,14,17-18,20H2,1-9H3. The molecule has 2 aromatic carbocycles. The molecule has 0 bridgehead atoms. The number of rotatable bonds is 14. The largest absolute Gasteiger partial charge is 0.496 e. The molecule has 232 valence electrons. The van der Waals surface area contributed by atoms with E-state index in [1.54, 1.807) is 47.5 Å². The predicted molar refractivity (Wildman–Crippen MR) is 163 cm³/mol. The molecule has 0 radical (unpaired) electrons. The maximum Gasteiger partial charge on any atom is 0.182 e. The summed E-state index contributed by atoms with van der Waals surface area (Å²) in [6.45, 7) is 9.40. The molecular weight excluding hydrogens is 536 g/mol. The Labute approximate surface area is 250 Å². The van der Waals surface area contributed by atoms with Gasteiger partial charge in [0.05, 0.1) is 39.6 Å². The molecule has 0 aliphatic carbocycles. The number of ketones is 1. The quantitative estimate of drug-likeness (QED) is 0.257. The lowest BCUT2D eigenvalue weighted by Gasteiger charge is -2.31. The van der Waals surface area contributed by atoms with Gasteiger partial charge in [-0.15, -0.1) is 0 Å². The molecule has 0 spiro atoms. The van der Waals surface area contributed by atoms with Crippen LogP contribution in [-0.2, 0) is 24.1 Å². The van der Waals surface area contributed by atoms with Crippen LogP contribution in [0.5, 0.6) is 28.7 Å². The minimum absolute atomic E-state index is 0.105. The molecule has 0 saturated heterocycles. The molecule has 42 heavy (non-hydrogen) atoms. The first-order valence-corrected chi connectivity index (χ1v) is 14.6. The topological polar surface area (TPSA) is 104 Å². The second-order valence-electron chi connectivity index (χ2n) is 12.0. The Morgan fingerprint density at radius 3 is 2.24 bits per heavy atom. The van der Waals surface area contributed by atoms with Crippen molar-refractivity contribution in [3.05, 3.63) is 52.1 Å². The number of carbonyl (C=O) groups is 1. The Bertz CT molecular complexity index is 1290. The zero-order chi connectivity index (χ0) is 31.2. The van der Waals surface area contributed by atoms with E-state index in [2.05, 4.69) is 13.0 Å². The molecule has 3 rings (SSSR count). The molecule has 2 aromatic rings. The molecule has 2 N–H and O–H groups in total. The van der Waals surface area contributed by atoms with Crippen LogP contribution in [-0.4, -0.2) is 55.6 Å². The lowest BCUT2D eigenvalue weighted by molar-refractivity contribution is -0.126. The van der Waals surface area contributed by atoms with Crippen LogP contribution < -0.4 is 23.7 Å². The second-order valence-corrected chi connectivity index (χ2v) is 12.0. The predicted octanol–water partition coefficient (Wildman–Crippen LogP) is 6.10. The summed E-state index contributed by atoms with van der Waals surface area (Å²) in [4.78, 5) is 13.7. The number of benzene rings is 2. The van der Waals surface area contributed by atoms with E-state index in [1.165, 1.54) is 5.57 Å². The lowest BCUT2D eigenvalue weighted by Crippen LogP contribution is -2.29. The number of carbonyl (C=O) groups excluding carboxylic acids is 1. The van der Waals surface area contributed by atoms with Crippen molar-refractivity contribution in [2.45, 2.75) is 96.9 Å². The van der Waals surface area contributed by atoms with E-state index in [4.69, 9.17) is 23.7 Å². The Morgan fingerprint density at radius 1 is 1.00 bits per heavy atom. The average Bonchev–Trinajstić information content (AvgIpc) is 2.94. The van der Waals surface area contributed by atoms with Gasteiger partial charge in [-0.05, 0) is 65.9 Å².